The number of esters is 1. The lowest BCUT2D eigenvalue weighted by atomic mass is 9.98. The second-order valence-electron chi connectivity index (χ2n) is 24.6. The fourth-order valence-corrected chi connectivity index (χ4v) is 12.5. The Morgan fingerprint density at radius 2 is 1.33 bits per heavy atom. The molecule has 0 fully saturated rings. The van der Waals surface area contributed by atoms with Crippen LogP contribution in [0.3, 0.4) is 0 Å². The number of ether oxygens (including phenoxy) is 10. The molecule has 35 heteroatoms. The number of nitrogens with two attached hydrogens (primary N) is 1. The smallest absolute Gasteiger partial charge is 0.415 e. The minimum Gasteiger partial charge on any atom is -0.493 e. The largest absolute Gasteiger partial charge is 0.493 e. The summed E-state index contributed by atoms with van der Waals surface area (Å²) in [6.07, 6.45) is -1.28. The minimum absolute atomic E-state index is 0.000395. The number of fused-ring (bicyclic) bond motifs is 5. The lowest BCUT2D eigenvalue weighted by Gasteiger charge is -2.25. The number of nitrogens with zero attached hydrogens (tertiary/aromatic N) is 5. The van der Waals surface area contributed by atoms with Crippen molar-refractivity contribution in [3.8, 4) is 23.0 Å². The molecule has 1 aliphatic rings. The van der Waals surface area contributed by atoms with E-state index in [0.29, 0.717) is 123 Å². The van der Waals surface area contributed by atoms with Crippen LogP contribution in [0, 0.1) is 5.92 Å². The number of alkyl halides is 3. The Bertz CT molecular complexity index is 4260. The molecule has 4 aromatic carbocycles. The molecule has 32 nitrogen and oxygen atoms in total. The van der Waals surface area contributed by atoms with Gasteiger partial charge in [-0.05, 0) is 78.4 Å². The molecule has 3 atom stereocenters. The first-order valence-electron chi connectivity index (χ1n) is 33.9. The van der Waals surface area contributed by atoms with Gasteiger partial charge in [0.2, 0.25) is 23.5 Å². The normalized spacial score (nSPS) is 13.0. The van der Waals surface area contributed by atoms with Crippen LogP contribution in [0.15, 0.2) is 66.7 Å². The van der Waals surface area contributed by atoms with Gasteiger partial charge in [-0.15, -0.1) is 11.6 Å². The maximum Gasteiger partial charge on any atom is 0.415 e. The van der Waals surface area contributed by atoms with Crippen molar-refractivity contribution in [3.05, 3.63) is 106 Å². The molecule has 1 aliphatic heterocycles. The summed E-state index contributed by atoms with van der Waals surface area (Å²) >= 11 is 13.4. The summed E-state index contributed by atoms with van der Waals surface area (Å²) in [7, 11) is 8.60. The third kappa shape index (κ3) is 21.8. The Morgan fingerprint density at radius 1 is 0.689 bits per heavy atom. The predicted molar refractivity (Wildman–Crippen MR) is 400 cm³/mol. The van der Waals surface area contributed by atoms with Crippen LogP contribution in [-0.4, -0.2) is 230 Å². The van der Waals surface area contributed by atoms with Gasteiger partial charge < -0.3 is 104 Å². The van der Waals surface area contributed by atoms with E-state index in [2.05, 4.69) is 78.4 Å². The molecule has 572 valence electrons. The van der Waals surface area contributed by atoms with E-state index in [1.165, 1.54) is 63.3 Å². The number of primary amides is 1. The highest BCUT2D eigenvalue weighted by molar-refractivity contribution is 9.09. The zero-order valence-corrected chi connectivity index (χ0v) is 63.9. The number of amides is 9. The highest BCUT2D eigenvalue weighted by Gasteiger charge is 2.38. The summed E-state index contributed by atoms with van der Waals surface area (Å²) < 4.78 is 55.6. The number of benzene rings is 4. The molecule has 0 aliphatic carbocycles. The fraction of sp³-hybridized carbons (Fsp3) is 0.451. The van der Waals surface area contributed by atoms with Gasteiger partial charge >= 0.3 is 24.2 Å². The highest BCUT2D eigenvalue weighted by Crippen LogP contribution is 2.48. The average Bonchev–Trinajstić information content (AvgIpc) is 1.57. The van der Waals surface area contributed by atoms with E-state index >= 15 is 0 Å². The van der Waals surface area contributed by atoms with Crippen LogP contribution >= 0.6 is 43.5 Å². The van der Waals surface area contributed by atoms with Crippen LogP contribution < -0.4 is 56.2 Å². The van der Waals surface area contributed by atoms with E-state index in [0.717, 1.165) is 11.4 Å². The first-order chi connectivity index (χ1) is 51.0. The number of nitrogens with one attached hydrogen (secondary N) is 7. The third-order valence-electron chi connectivity index (χ3n) is 17.0. The molecule has 4 heterocycles. The number of carbonyl (C=O) groups is 9. The third-order valence-corrected chi connectivity index (χ3v) is 18.4. The Balaban J connectivity index is 0.744. The summed E-state index contributed by atoms with van der Waals surface area (Å²) in [6.45, 7) is 5.88. The molecule has 0 unspecified atom stereocenters. The minimum atomic E-state index is -1.12. The van der Waals surface area contributed by atoms with Gasteiger partial charge in [0.25, 0.3) is 11.8 Å². The van der Waals surface area contributed by atoms with Crippen molar-refractivity contribution in [2.75, 3.05) is 144 Å². The molecule has 9 amide bonds. The molecule has 3 aromatic heterocycles. The van der Waals surface area contributed by atoms with E-state index in [-0.39, 0.29) is 112 Å². The van der Waals surface area contributed by atoms with E-state index in [4.69, 9.17) is 64.7 Å². The van der Waals surface area contributed by atoms with Gasteiger partial charge in [-0.3, -0.25) is 24.0 Å². The van der Waals surface area contributed by atoms with Crippen LogP contribution in [-0.2, 0) is 60.1 Å². The molecule has 7 aromatic rings. The number of hydrogen-bond donors (Lipinski definition) is 8. The lowest BCUT2D eigenvalue weighted by molar-refractivity contribution is -0.132. The van der Waals surface area contributed by atoms with Crippen LogP contribution in [0.1, 0.15) is 92.9 Å². The van der Waals surface area contributed by atoms with E-state index in [9.17, 15) is 43.2 Å². The van der Waals surface area contributed by atoms with Crippen molar-refractivity contribution in [3.63, 3.8) is 0 Å². The van der Waals surface area contributed by atoms with Crippen LogP contribution in [0.2, 0.25) is 0 Å². The maximum absolute atomic E-state index is 14.6. The summed E-state index contributed by atoms with van der Waals surface area (Å²) in [6, 6.07) is 15.2. The number of H-pyrrole nitrogens is 2. The molecule has 0 saturated carbocycles. The standard InChI is InChI=1S/C71H88Br2ClN13O19/c1-40(2)59(84-57(88)17-22-101-24-26-103-28-29-104-27-25-102-23-19-76-64(89)42-13-16-47-49(30-42)80-53(36-73)52(35-72)79-47)66(91)83-48(10-9-18-77-69(75)94)65(90)78-45-14-11-41(12-15-45)39-105-70(95)85(3)20-21-86(4)71(96)106-55-34-54-58(46-33-51(68(93)100-8)82-61(46)55)44(37-74)38-87(54)67(92)50-31-43-32-56(97-5)62(98-6)63(99-7)60(43)81-50/h11-16,30-34,40,44,48,59,81-82H,9-10,17-29,35-39H2,1-8H3,(H,76,89)(H,78,90)(H,83,91)(H,84,88)(H3,75,77,94)/t44-,48+,59+/m1/s1. The Hall–Kier alpha value is -9.58. The van der Waals surface area contributed by atoms with Gasteiger partial charge in [0, 0.05) is 104 Å². The number of urea groups is 1. The maximum atomic E-state index is 14.6. The summed E-state index contributed by atoms with van der Waals surface area (Å²) in [5.74, 6) is -2.71. The quantitative estimate of drug-likeness (QED) is 0.0103. The number of carbonyl (C=O) groups excluding carboxylic acids is 9. The number of likely N-dealkylation sites (N-methyl/N-ethyl adjacent to an activating group) is 2. The average molecular weight is 1620 g/mol. The molecular weight excluding hydrogens is 1530 g/mol. The van der Waals surface area contributed by atoms with E-state index < -0.39 is 65.8 Å². The first kappa shape index (κ1) is 82.1. The topological polar surface area (TPSA) is 399 Å². The van der Waals surface area contributed by atoms with Gasteiger partial charge in [-0.2, -0.15) is 0 Å². The van der Waals surface area contributed by atoms with Gasteiger partial charge in [-0.25, -0.2) is 29.1 Å². The Kier molecular flexibility index (Phi) is 31.1. The van der Waals surface area contributed by atoms with Crippen molar-refractivity contribution < 1.29 is 90.5 Å². The number of anilines is 2. The van der Waals surface area contributed by atoms with Gasteiger partial charge in [0.15, 0.2) is 17.2 Å². The summed E-state index contributed by atoms with van der Waals surface area (Å²) in [5, 5.41) is 15.8. The number of aromatic nitrogens is 4. The SMILES string of the molecule is COC(=O)c1cc2c3c(cc(OC(=O)N(C)CCN(C)C(=O)OCc4ccc(NC(=O)[C@H](CCCNC(N)=O)NC(=O)[C@@H](NC(=O)CCOCCOCCOCCOCCNC(=O)c5ccc6nc(CBr)c(CBr)nc6c5)C(C)C)cc4)c2[nH]1)N(C(=O)c1cc2cc(OC)c(OC)c(OC)c2[nH]1)C[C@H]3CCl. The number of rotatable bonds is 40. The number of halogens is 3. The molecule has 9 N–H and O–H groups in total. The Labute approximate surface area is 632 Å². The summed E-state index contributed by atoms with van der Waals surface area (Å²) in [5.41, 5.74) is 11.6. The fourth-order valence-electron chi connectivity index (χ4n) is 11.4. The van der Waals surface area contributed by atoms with Crippen molar-refractivity contribution in [1.29, 1.82) is 0 Å². The molecule has 0 spiro atoms. The van der Waals surface area contributed by atoms with Crippen LogP contribution in [0.4, 0.5) is 25.8 Å². The first-order valence-corrected chi connectivity index (χ1v) is 36.6. The van der Waals surface area contributed by atoms with Crippen molar-refractivity contribution >= 4 is 141 Å². The second-order valence-corrected chi connectivity index (χ2v) is 26.0. The van der Waals surface area contributed by atoms with E-state index in [1.807, 2.05) is 0 Å². The highest BCUT2D eigenvalue weighted by atomic mass is 79.9. The van der Waals surface area contributed by atoms with Crippen LogP contribution in [0.25, 0.3) is 32.8 Å². The molecule has 0 radical (unpaired) electrons. The number of aromatic amines is 2. The second kappa shape index (κ2) is 40.2. The molecule has 8 rings (SSSR count). The number of hydrogen-bond acceptors (Lipinski definition) is 21. The van der Waals surface area contributed by atoms with Gasteiger partial charge in [-0.1, -0.05) is 57.8 Å². The molecule has 0 saturated heterocycles. The Morgan fingerprint density at radius 3 is 1.95 bits per heavy atom. The van der Waals surface area contributed by atoms with Gasteiger partial charge in [0.05, 0.1) is 120 Å². The molecule has 106 heavy (non-hydrogen) atoms. The zero-order chi connectivity index (χ0) is 76.6. The summed E-state index contributed by atoms with van der Waals surface area (Å²) in [4.78, 5) is 139. The predicted octanol–water partition coefficient (Wildman–Crippen LogP) is 7.78. The van der Waals surface area contributed by atoms with Crippen LogP contribution in [0.5, 0.6) is 23.0 Å². The molecular formula is C71H88Br2ClN13O19. The zero-order valence-electron chi connectivity index (χ0n) is 60.0. The van der Waals surface area contributed by atoms with Gasteiger partial charge in [0.1, 0.15) is 30.1 Å². The molecule has 0 bridgehead atoms. The van der Waals surface area contributed by atoms with Crippen molar-refractivity contribution in [2.45, 2.75) is 68.4 Å². The van der Waals surface area contributed by atoms with Crippen molar-refractivity contribution in [2.24, 2.45) is 11.7 Å². The van der Waals surface area contributed by atoms with Crippen molar-refractivity contribution in [1.82, 2.24) is 51.0 Å². The number of methoxy groups -OCH3 is 4. The monoisotopic (exact) mass is 1620 g/mol. The lowest BCUT2D eigenvalue weighted by Crippen LogP contribution is -2.54. The van der Waals surface area contributed by atoms with E-state index in [1.54, 1.807) is 74.5 Å².